The Labute approximate surface area is 103 Å². The number of hydrogen-bond acceptors (Lipinski definition) is 5. The van der Waals surface area contributed by atoms with E-state index in [1.165, 1.54) is 6.08 Å². The zero-order valence-corrected chi connectivity index (χ0v) is 11.7. The van der Waals surface area contributed by atoms with Crippen molar-refractivity contribution in [2.45, 2.75) is 33.4 Å². The highest BCUT2D eigenvalue weighted by Crippen LogP contribution is 2.53. The molecule has 0 aliphatic carbocycles. The Morgan fingerprint density at radius 1 is 1.18 bits per heavy atom. The van der Waals surface area contributed by atoms with Crippen LogP contribution in [0.3, 0.4) is 0 Å². The first-order chi connectivity index (χ1) is 8.05. The van der Waals surface area contributed by atoms with Crippen molar-refractivity contribution in [2.75, 3.05) is 19.8 Å². The Balaban J connectivity index is 5.08. The molecule has 0 radical (unpaired) electrons. The zero-order chi connectivity index (χ0) is 13.3. The van der Waals surface area contributed by atoms with Crippen LogP contribution < -0.4 is 0 Å². The van der Waals surface area contributed by atoms with Crippen LogP contribution in [-0.4, -0.2) is 31.4 Å². The number of ether oxygens (including phenoxy) is 1. The lowest BCUT2D eigenvalue weighted by Gasteiger charge is -2.22. The summed E-state index contributed by atoms with van der Waals surface area (Å²) in [5.41, 5.74) is -0.993. The summed E-state index contributed by atoms with van der Waals surface area (Å²) in [6.07, 6.45) is 3.12. The van der Waals surface area contributed by atoms with Crippen molar-refractivity contribution in [2.24, 2.45) is 0 Å². The zero-order valence-electron chi connectivity index (χ0n) is 10.8. The second-order valence-electron chi connectivity index (χ2n) is 3.10. The van der Waals surface area contributed by atoms with Gasteiger partial charge in [-0.05, 0) is 27.7 Å². The van der Waals surface area contributed by atoms with Gasteiger partial charge in [0.1, 0.15) is 0 Å². The van der Waals surface area contributed by atoms with Crippen molar-refractivity contribution < 1.29 is 23.1 Å². The van der Waals surface area contributed by atoms with E-state index in [0.717, 1.165) is 0 Å². The Bertz CT molecular complexity index is 290. The van der Waals surface area contributed by atoms with Crippen LogP contribution in [0.4, 0.5) is 0 Å². The van der Waals surface area contributed by atoms with E-state index in [2.05, 4.69) is 0 Å². The summed E-state index contributed by atoms with van der Waals surface area (Å²) in [5.74, 6) is -0.587. The molecule has 0 amide bonds. The van der Waals surface area contributed by atoms with E-state index in [0.29, 0.717) is 0 Å². The van der Waals surface area contributed by atoms with E-state index in [4.69, 9.17) is 13.8 Å². The summed E-state index contributed by atoms with van der Waals surface area (Å²) in [4.78, 5) is 11.7. The Morgan fingerprint density at radius 2 is 1.71 bits per heavy atom. The van der Waals surface area contributed by atoms with Gasteiger partial charge in [-0.15, -0.1) is 0 Å². The molecule has 0 aliphatic heterocycles. The molecule has 1 unspecified atom stereocenters. The SMILES string of the molecule is C/C=C/C(C(=O)OCC)P(=O)(OCC)OCC. The first-order valence-corrected chi connectivity index (χ1v) is 7.35. The molecule has 0 rings (SSSR count). The Kier molecular flexibility index (Phi) is 8.13. The van der Waals surface area contributed by atoms with Gasteiger partial charge in [-0.1, -0.05) is 12.2 Å². The minimum atomic E-state index is -3.49. The van der Waals surface area contributed by atoms with E-state index >= 15 is 0 Å². The van der Waals surface area contributed by atoms with E-state index < -0.39 is 19.2 Å². The monoisotopic (exact) mass is 264 g/mol. The lowest BCUT2D eigenvalue weighted by atomic mass is 10.4. The summed E-state index contributed by atoms with van der Waals surface area (Å²) in [6, 6.07) is 0. The van der Waals surface area contributed by atoms with Gasteiger partial charge in [-0.3, -0.25) is 9.36 Å². The molecule has 0 saturated carbocycles. The van der Waals surface area contributed by atoms with Crippen LogP contribution in [0.25, 0.3) is 0 Å². The number of hydrogen-bond donors (Lipinski definition) is 0. The highest BCUT2D eigenvalue weighted by atomic mass is 31.2. The minimum absolute atomic E-state index is 0.213. The normalized spacial score (nSPS) is 13.9. The predicted octanol–water partition coefficient (Wildman–Crippen LogP) is 2.76. The lowest BCUT2D eigenvalue weighted by Crippen LogP contribution is -2.24. The molecular formula is C11H21O5P. The fourth-order valence-electron chi connectivity index (χ4n) is 1.28. The third kappa shape index (κ3) is 5.02. The van der Waals surface area contributed by atoms with Crippen LogP contribution in [0, 0.1) is 0 Å². The number of carbonyl (C=O) groups excluding carboxylic acids is 1. The second kappa shape index (κ2) is 8.45. The Morgan fingerprint density at radius 3 is 2.06 bits per heavy atom. The molecule has 0 aromatic heterocycles. The van der Waals surface area contributed by atoms with E-state index in [9.17, 15) is 9.36 Å². The number of carbonyl (C=O) groups is 1. The van der Waals surface area contributed by atoms with Crippen LogP contribution in [0.15, 0.2) is 12.2 Å². The molecule has 6 heteroatoms. The van der Waals surface area contributed by atoms with Crippen molar-refractivity contribution >= 4 is 13.6 Å². The smallest absolute Gasteiger partial charge is 0.348 e. The van der Waals surface area contributed by atoms with Gasteiger partial charge in [0.25, 0.3) is 0 Å². The van der Waals surface area contributed by atoms with Gasteiger partial charge in [-0.2, -0.15) is 0 Å². The van der Waals surface area contributed by atoms with Crippen molar-refractivity contribution in [3.8, 4) is 0 Å². The Hall–Kier alpha value is -0.640. The molecule has 0 saturated heterocycles. The van der Waals surface area contributed by atoms with E-state index in [1.807, 2.05) is 0 Å². The van der Waals surface area contributed by atoms with Crippen LogP contribution in [0.5, 0.6) is 0 Å². The van der Waals surface area contributed by atoms with Crippen molar-refractivity contribution in [3.63, 3.8) is 0 Å². The summed E-state index contributed by atoms with van der Waals surface area (Å²) in [6.45, 7) is 7.47. The summed E-state index contributed by atoms with van der Waals surface area (Å²) in [5, 5.41) is 0. The summed E-state index contributed by atoms with van der Waals surface area (Å²) in [7, 11) is -3.49. The third-order valence-electron chi connectivity index (χ3n) is 1.86. The molecule has 17 heavy (non-hydrogen) atoms. The minimum Gasteiger partial charge on any atom is -0.465 e. The first kappa shape index (κ1) is 16.4. The molecule has 0 spiro atoms. The van der Waals surface area contributed by atoms with E-state index in [-0.39, 0.29) is 19.8 Å². The maximum atomic E-state index is 12.4. The van der Waals surface area contributed by atoms with Gasteiger partial charge in [0.15, 0.2) is 5.66 Å². The molecule has 0 heterocycles. The fourth-order valence-corrected chi connectivity index (χ4v) is 3.11. The van der Waals surface area contributed by atoms with Crippen LogP contribution in [0.2, 0.25) is 0 Å². The van der Waals surface area contributed by atoms with Crippen LogP contribution >= 0.6 is 7.60 Å². The van der Waals surface area contributed by atoms with Gasteiger partial charge >= 0.3 is 13.6 Å². The average molecular weight is 264 g/mol. The van der Waals surface area contributed by atoms with Gasteiger partial charge in [0.05, 0.1) is 19.8 Å². The summed E-state index contributed by atoms with van der Waals surface area (Å²) >= 11 is 0. The molecule has 0 bridgehead atoms. The van der Waals surface area contributed by atoms with Gasteiger partial charge in [-0.25, -0.2) is 0 Å². The summed E-state index contributed by atoms with van der Waals surface area (Å²) < 4.78 is 27.6. The maximum absolute atomic E-state index is 12.4. The maximum Gasteiger partial charge on any atom is 0.348 e. The number of allylic oxidation sites excluding steroid dienone is 1. The van der Waals surface area contributed by atoms with Crippen molar-refractivity contribution in [1.82, 2.24) is 0 Å². The quantitative estimate of drug-likeness (QED) is 0.383. The number of esters is 1. The molecular weight excluding hydrogens is 243 g/mol. The topological polar surface area (TPSA) is 61.8 Å². The highest BCUT2D eigenvalue weighted by Gasteiger charge is 2.40. The average Bonchev–Trinajstić information content (AvgIpc) is 2.26. The molecule has 0 aliphatic rings. The molecule has 0 aromatic carbocycles. The predicted molar refractivity (Wildman–Crippen MR) is 66.1 cm³/mol. The molecule has 1 atom stereocenters. The van der Waals surface area contributed by atoms with Crippen molar-refractivity contribution in [3.05, 3.63) is 12.2 Å². The lowest BCUT2D eigenvalue weighted by molar-refractivity contribution is -0.142. The molecule has 0 N–H and O–H groups in total. The van der Waals surface area contributed by atoms with Gasteiger partial charge < -0.3 is 13.8 Å². The fraction of sp³-hybridized carbons (Fsp3) is 0.727. The van der Waals surface area contributed by atoms with Gasteiger partial charge in [0, 0.05) is 0 Å². The molecule has 100 valence electrons. The molecule has 0 fully saturated rings. The highest BCUT2D eigenvalue weighted by molar-refractivity contribution is 7.56. The van der Waals surface area contributed by atoms with Gasteiger partial charge in [0.2, 0.25) is 0 Å². The second-order valence-corrected chi connectivity index (χ2v) is 5.25. The third-order valence-corrected chi connectivity index (χ3v) is 4.16. The molecule has 5 nitrogen and oxygen atoms in total. The molecule has 0 aromatic rings. The van der Waals surface area contributed by atoms with Crippen molar-refractivity contribution in [1.29, 1.82) is 0 Å². The van der Waals surface area contributed by atoms with Crippen LogP contribution in [-0.2, 0) is 23.1 Å². The first-order valence-electron chi connectivity index (χ1n) is 5.73. The van der Waals surface area contributed by atoms with E-state index in [1.54, 1.807) is 33.8 Å². The standard InChI is InChI=1S/C11H21O5P/c1-5-9-10(11(12)14-6-2)17(13,15-7-3)16-8-4/h5,9-10H,6-8H2,1-4H3/b9-5+. The van der Waals surface area contributed by atoms with Crippen LogP contribution in [0.1, 0.15) is 27.7 Å². The number of rotatable bonds is 8. The largest absolute Gasteiger partial charge is 0.465 e.